The molecule has 1 aliphatic rings. The fourth-order valence-electron chi connectivity index (χ4n) is 5.70. The van der Waals surface area contributed by atoms with Crippen LogP contribution in [-0.4, -0.2) is 26.0 Å². The van der Waals surface area contributed by atoms with Crippen LogP contribution >= 0.6 is 46.3 Å². The highest BCUT2D eigenvalue weighted by atomic mass is 35.5. The third kappa shape index (κ3) is 5.59. The van der Waals surface area contributed by atoms with Crippen LogP contribution in [0.3, 0.4) is 0 Å². The van der Waals surface area contributed by atoms with E-state index in [1.54, 1.807) is 11.3 Å². The van der Waals surface area contributed by atoms with Crippen molar-refractivity contribution >= 4 is 69.0 Å². The standard InChI is InChI=1S/C33H29Cl2N3O2S2/c1-21-5-12-25(13-6-21)42-33(32(40)36-18-26-4-3-15-41-26)17-30(39)38(19-22-7-9-23(34)10-8-22)31(33)28-20-37(2)29-16-24(35)11-14-27(28)29/h3-16,20,31H,17-19H2,1-2H3,(H,36,40). The molecule has 0 saturated carbocycles. The predicted molar refractivity (Wildman–Crippen MR) is 173 cm³/mol. The van der Waals surface area contributed by atoms with Gasteiger partial charge in [0, 0.05) is 56.1 Å². The Morgan fingerprint density at radius 2 is 1.79 bits per heavy atom. The molecule has 6 rings (SSSR count). The number of carbonyl (C=O) groups excluding carboxylic acids is 2. The van der Waals surface area contributed by atoms with E-state index in [2.05, 4.69) is 5.32 Å². The summed E-state index contributed by atoms with van der Waals surface area (Å²) in [5.41, 5.74) is 3.92. The second-order valence-electron chi connectivity index (χ2n) is 10.7. The van der Waals surface area contributed by atoms with E-state index in [1.165, 1.54) is 11.8 Å². The molecule has 1 aliphatic heterocycles. The molecule has 2 atom stereocenters. The molecular formula is C33H29Cl2N3O2S2. The Morgan fingerprint density at radius 1 is 1.05 bits per heavy atom. The Labute approximate surface area is 263 Å². The molecule has 0 spiro atoms. The summed E-state index contributed by atoms with van der Waals surface area (Å²) in [4.78, 5) is 32.5. The Balaban J connectivity index is 1.52. The summed E-state index contributed by atoms with van der Waals surface area (Å²) in [7, 11) is 1.97. The fraction of sp³-hybridized carbons (Fsp3) is 0.212. The van der Waals surface area contributed by atoms with Gasteiger partial charge in [-0.1, -0.05) is 65.2 Å². The number of aromatic nitrogens is 1. The first-order valence-corrected chi connectivity index (χ1v) is 16.0. The number of halogens is 2. The van der Waals surface area contributed by atoms with Gasteiger partial charge in [0.1, 0.15) is 4.75 Å². The molecule has 5 nitrogen and oxygen atoms in total. The van der Waals surface area contributed by atoms with E-state index < -0.39 is 10.8 Å². The first kappa shape index (κ1) is 28.9. The van der Waals surface area contributed by atoms with Gasteiger partial charge in [0.05, 0.1) is 19.0 Å². The quantitative estimate of drug-likeness (QED) is 0.187. The lowest BCUT2D eigenvalue weighted by Crippen LogP contribution is -2.48. The highest BCUT2D eigenvalue weighted by molar-refractivity contribution is 8.01. The van der Waals surface area contributed by atoms with Crippen LogP contribution in [0, 0.1) is 6.92 Å². The van der Waals surface area contributed by atoms with Crippen molar-refractivity contribution in [1.82, 2.24) is 14.8 Å². The number of thiophene rings is 1. The summed E-state index contributed by atoms with van der Waals surface area (Å²) >= 11 is 15.6. The minimum absolute atomic E-state index is 0.0596. The first-order valence-electron chi connectivity index (χ1n) is 13.6. The van der Waals surface area contributed by atoms with E-state index in [0.717, 1.165) is 37.4 Å². The summed E-state index contributed by atoms with van der Waals surface area (Å²) in [6.45, 7) is 2.78. The summed E-state index contributed by atoms with van der Waals surface area (Å²) in [6.07, 6.45) is 2.10. The maximum atomic E-state index is 14.6. The van der Waals surface area contributed by atoms with Gasteiger partial charge in [-0.15, -0.1) is 23.1 Å². The molecule has 3 heterocycles. The Bertz CT molecular complexity index is 1750. The molecule has 2 amide bonds. The number of fused-ring (bicyclic) bond motifs is 1. The van der Waals surface area contributed by atoms with Gasteiger partial charge in [0.25, 0.3) is 0 Å². The molecule has 214 valence electrons. The molecule has 2 aromatic heterocycles. The maximum absolute atomic E-state index is 14.6. The van der Waals surface area contributed by atoms with Gasteiger partial charge in [-0.2, -0.15) is 0 Å². The fourth-order valence-corrected chi connectivity index (χ4v) is 8.06. The molecule has 5 aromatic rings. The number of nitrogens with zero attached hydrogens (tertiary/aromatic N) is 2. The van der Waals surface area contributed by atoms with E-state index in [4.69, 9.17) is 23.2 Å². The molecule has 0 radical (unpaired) electrons. The first-order chi connectivity index (χ1) is 20.2. The highest BCUT2D eigenvalue weighted by Crippen LogP contribution is 2.54. The third-order valence-corrected chi connectivity index (χ3v) is 10.5. The van der Waals surface area contributed by atoms with Gasteiger partial charge in [-0.25, -0.2) is 0 Å². The largest absolute Gasteiger partial charge is 0.350 e. The van der Waals surface area contributed by atoms with Gasteiger partial charge < -0.3 is 14.8 Å². The Hall–Kier alpha value is -3.23. The maximum Gasteiger partial charge on any atom is 0.239 e. The number of thioether (sulfide) groups is 1. The molecule has 0 aliphatic carbocycles. The zero-order valence-corrected chi connectivity index (χ0v) is 26.3. The number of aryl methyl sites for hydroxylation is 2. The summed E-state index contributed by atoms with van der Waals surface area (Å²) in [6, 6.07) is 24.8. The lowest BCUT2D eigenvalue weighted by Gasteiger charge is -2.36. The van der Waals surface area contributed by atoms with Crippen LogP contribution in [0.5, 0.6) is 0 Å². The van der Waals surface area contributed by atoms with Gasteiger partial charge in [0.15, 0.2) is 0 Å². The van der Waals surface area contributed by atoms with Crippen molar-refractivity contribution in [2.24, 2.45) is 7.05 Å². The summed E-state index contributed by atoms with van der Waals surface area (Å²) in [5.74, 6) is -0.240. The van der Waals surface area contributed by atoms with E-state index >= 15 is 0 Å². The number of rotatable bonds is 8. The van der Waals surface area contributed by atoms with Crippen LogP contribution in [-0.2, 0) is 29.7 Å². The molecular weight excluding hydrogens is 605 g/mol. The van der Waals surface area contributed by atoms with E-state index in [-0.39, 0.29) is 18.2 Å². The van der Waals surface area contributed by atoms with Crippen LogP contribution < -0.4 is 5.32 Å². The highest BCUT2D eigenvalue weighted by Gasteiger charge is 2.58. The topological polar surface area (TPSA) is 54.3 Å². The lowest BCUT2D eigenvalue weighted by molar-refractivity contribution is -0.129. The van der Waals surface area contributed by atoms with E-state index in [0.29, 0.717) is 23.1 Å². The average molecular weight is 635 g/mol. The van der Waals surface area contributed by atoms with Gasteiger partial charge in [0.2, 0.25) is 11.8 Å². The number of hydrogen-bond donors (Lipinski definition) is 1. The van der Waals surface area contributed by atoms with Crippen LogP contribution in [0.1, 0.15) is 34.0 Å². The number of likely N-dealkylation sites (tertiary alicyclic amines) is 1. The summed E-state index contributed by atoms with van der Waals surface area (Å²) < 4.78 is 0.884. The van der Waals surface area contributed by atoms with Crippen LogP contribution in [0.25, 0.3) is 10.9 Å². The molecule has 2 unspecified atom stereocenters. The van der Waals surface area contributed by atoms with Gasteiger partial charge in [-0.05, 0) is 60.3 Å². The number of carbonyl (C=O) groups is 2. The minimum Gasteiger partial charge on any atom is -0.350 e. The molecule has 1 saturated heterocycles. The number of nitrogens with one attached hydrogen (secondary N) is 1. The Kier molecular flexibility index (Phi) is 8.11. The normalized spacial score (nSPS) is 18.6. The van der Waals surface area contributed by atoms with Crippen molar-refractivity contribution in [2.45, 2.75) is 42.1 Å². The molecule has 0 bridgehead atoms. The molecule has 1 fully saturated rings. The number of amides is 2. The molecule has 1 N–H and O–H groups in total. The van der Waals surface area contributed by atoms with Crippen molar-refractivity contribution < 1.29 is 9.59 Å². The Morgan fingerprint density at radius 3 is 2.50 bits per heavy atom. The number of benzene rings is 3. The third-order valence-electron chi connectivity index (χ3n) is 7.74. The van der Waals surface area contributed by atoms with Crippen molar-refractivity contribution in [3.8, 4) is 0 Å². The predicted octanol–water partition coefficient (Wildman–Crippen LogP) is 8.18. The zero-order valence-electron chi connectivity index (χ0n) is 23.1. The van der Waals surface area contributed by atoms with Crippen molar-refractivity contribution in [2.75, 3.05) is 0 Å². The van der Waals surface area contributed by atoms with Crippen molar-refractivity contribution in [1.29, 1.82) is 0 Å². The van der Waals surface area contributed by atoms with Crippen LogP contribution in [0.4, 0.5) is 0 Å². The van der Waals surface area contributed by atoms with E-state index in [1.807, 2.05) is 114 Å². The monoisotopic (exact) mass is 633 g/mol. The van der Waals surface area contributed by atoms with E-state index in [9.17, 15) is 9.59 Å². The zero-order chi connectivity index (χ0) is 29.4. The second kappa shape index (κ2) is 11.8. The van der Waals surface area contributed by atoms with Gasteiger partial charge in [-0.3, -0.25) is 9.59 Å². The van der Waals surface area contributed by atoms with Crippen molar-refractivity contribution in [3.05, 3.63) is 122 Å². The number of hydrogen-bond acceptors (Lipinski definition) is 4. The smallest absolute Gasteiger partial charge is 0.239 e. The SMILES string of the molecule is Cc1ccc(SC2(C(=O)NCc3cccs3)CC(=O)N(Cc3ccc(Cl)cc3)C2c2cn(C)c3cc(Cl)ccc23)cc1. The van der Waals surface area contributed by atoms with Crippen LogP contribution in [0.15, 0.2) is 95.3 Å². The molecule has 42 heavy (non-hydrogen) atoms. The average Bonchev–Trinajstić information content (AvgIpc) is 3.67. The second-order valence-corrected chi connectivity index (χ2v) is 14.0. The lowest BCUT2D eigenvalue weighted by atomic mass is 9.91. The molecule has 9 heteroatoms. The minimum atomic E-state index is -1.13. The van der Waals surface area contributed by atoms with Crippen LogP contribution in [0.2, 0.25) is 10.0 Å². The van der Waals surface area contributed by atoms with Gasteiger partial charge >= 0.3 is 0 Å². The molecule has 3 aromatic carbocycles. The summed E-state index contributed by atoms with van der Waals surface area (Å²) in [5, 5.41) is 7.42. The van der Waals surface area contributed by atoms with Crippen molar-refractivity contribution in [3.63, 3.8) is 0 Å².